The molecule has 0 heterocycles. The first-order valence-corrected chi connectivity index (χ1v) is 3.78. The van der Waals surface area contributed by atoms with Crippen molar-refractivity contribution in [2.45, 2.75) is 26.6 Å². The molecule has 0 aromatic carbocycles. The third kappa shape index (κ3) is 4.54. The van der Waals surface area contributed by atoms with E-state index >= 15 is 0 Å². The summed E-state index contributed by atoms with van der Waals surface area (Å²) in [4.78, 5) is 21.1. The molecule has 0 amide bonds. The molecule has 0 spiro atoms. The molecule has 0 aliphatic heterocycles. The number of hydrogen-bond acceptors (Lipinski definition) is 6. The molecular weight excluding hydrogens is 174 g/mol. The zero-order chi connectivity index (χ0) is 10.7. The molecule has 0 bridgehead atoms. The second kappa shape index (κ2) is 3.80. The minimum absolute atomic E-state index is 0.410. The predicted octanol–water partition coefficient (Wildman–Crippen LogP) is -0.0867. The molecular formula is C7H15N3O3. The number of rotatable bonds is 3. The van der Waals surface area contributed by atoms with Crippen LogP contribution in [0.3, 0.4) is 0 Å². The molecule has 6 nitrogen and oxygen atoms in total. The molecule has 76 valence electrons. The highest BCUT2D eigenvalue weighted by Gasteiger charge is 2.27. The molecule has 6 heteroatoms. The summed E-state index contributed by atoms with van der Waals surface area (Å²) in [5.41, 5.74) is 9.62. The molecule has 0 aliphatic carbocycles. The van der Waals surface area contributed by atoms with E-state index in [1.165, 1.54) is 0 Å². The first kappa shape index (κ1) is 12.0. The van der Waals surface area contributed by atoms with E-state index < -0.39 is 23.8 Å². The van der Waals surface area contributed by atoms with Gasteiger partial charge in [0.1, 0.15) is 6.61 Å². The molecule has 0 aromatic rings. The Hall–Kier alpha value is -1.01. The van der Waals surface area contributed by atoms with Gasteiger partial charge in [0.2, 0.25) is 5.79 Å². The lowest BCUT2D eigenvalue weighted by atomic mass is 9.97. The van der Waals surface area contributed by atoms with E-state index in [2.05, 4.69) is 9.91 Å². The largest absolute Gasteiger partial charge is 0.460 e. The third-order valence-electron chi connectivity index (χ3n) is 1.22. The van der Waals surface area contributed by atoms with Gasteiger partial charge in [-0.2, -0.15) is 0 Å². The lowest BCUT2D eigenvalue weighted by Gasteiger charge is -2.20. The number of hydrogen-bond donors (Lipinski definition) is 2. The van der Waals surface area contributed by atoms with Crippen LogP contribution in [0.25, 0.3) is 0 Å². The van der Waals surface area contributed by atoms with Gasteiger partial charge in [0.15, 0.2) is 0 Å². The van der Waals surface area contributed by atoms with E-state index in [-0.39, 0.29) is 0 Å². The molecule has 0 aliphatic rings. The van der Waals surface area contributed by atoms with Gasteiger partial charge in [0.25, 0.3) is 0 Å². The standard InChI is InChI=1S/C7H15N3O3/c1-6(2,3)5(11)13-4-7(8,9)10-12/h4,8-9H2,1-3H3. The Kier molecular flexibility index (Phi) is 3.50. The van der Waals surface area contributed by atoms with Crippen LogP contribution >= 0.6 is 0 Å². The van der Waals surface area contributed by atoms with Crippen molar-refractivity contribution in [1.29, 1.82) is 0 Å². The molecule has 0 radical (unpaired) electrons. The average Bonchev–Trinajstić information content (AvgIpc) is 1.98. The summed E-state index contributed by atoms with van der Waals surface area (Å²) in [5.74, 6) is -2.31. The van der Waals surface area contributed by atoms with Crippen LogP contribution in [0.15, 0.2) is 5.18 Å². The molecule has 0 rings (SSSR count). The second-order valence-electron chi connectivity index (χ2n) is 3.91. The number of nitrogens with zero attached hydrogens (tertiary/aromatic N) is 1. The van der Waals surface area contributed by atoms with E-state index in [0.29, 0.717) is 0 Å². The van der Waals surface area contributed by atoms with Gasteiger partial charge in [-0.15, -0.1) is 4.91 Å². The first-order valence-electron chi connectivity index (χ1n) is 3.78. The van der Waals surface area contributed by atoms with Crippen LogP contribution in [-0.2, 0) is 9.53 Å². The average molecular weight is 189 g/mol. The Morgan fingerprint density at radius 2 is 1.85 bits per heavy atom. The minimum atomic E-state index is -1.83. The number of carbonyl (C=O) groups is 1. The maximum absolute atomic E-state index is 11.2. The van der Waals surface area contributed by atoms with E-state index in [1.54, 1.807) is 20.8 Å². The quantitative estimate of drug-likeness (QED) is 0.366. The van der Waals surface area contributed by atoms with Gasteiger partial charge in [-0.3, -0.25) is 16.3 Å². The predicted molar refractivity (Wildman–Crippen MR) is 47.3 cm³/mol. The van der Waals surface area contributed by atoms with Crippen molar-refractivity contribution in [2.24, 2.45) is 22.1 Å². The number of nitroso groups, excluding NO2 is 1. The zero-order valence-electron chi connectivity index (χ0n) is 8.03. The van der Waals surface area contributed by atoms with Gasteiger partial charge in [0.05, 0.1) is 5.41 Å². The lowest BCUT2D eigenvalue weighted by Crippen LogP contribution is -2.52. The van der Waals surface area contributed by atoms with Crippen LogP contribution in [0.5, 0.6) is 0 Å². The summed E-state index contributed by atoms with van der Waals surface area (Å²) in [7, 11) is 0. The minimum Gasteiger partial charge on any atom is -0.460 e. The van der Waals surface area contributed by atoms with Gasteiger partial charge >= 0.3 is 5.97 Å². The number of esters is 1. The van der Waals surface area contributed by atoms with Crippen molar-refractivity contribution < 1.29 is 9.53 Å². The molecule has 0 fully saturated rings. The number of carbonyl (C=O) groups excluding carboxylic acids is 1. The smallest absolute Gasteiger partial charge is 0.311 e. The van der Waals surface area contributed by atoms with Gasteiger partial charge in [-0.05, 0) is 25.9 Å². The Labute approximate surface area is 76.6 Å². The lowest BCUT2D eigenvalue weighted by molar-refractivity contribution is -0.154. The fourth-order valence-electron chi connectivity index (χ4n) is 0.424. The van der Waals surface area contributed by atoms with Crippen LogP contribution < -0.4 is 11.5 Å². The van der Waals surface area contributed by atoms with Crippen LogP contribution in [0.4, 0.5) is 0 Å². The number of nitrogens with two attached hydrogens (primary N) is 2. The summed E-state index contributed by atoms with van der Waals surface area (Å²) in [6, 6.07) is 0. The highest BCUT2D eigenvalue weighted by Crippen LogP contribution is 2.15. The Morgan fingerprint density at radius 3 is 2.15 bits per heavy atom. The molecule has 0 aromatic heterocycles. The molecule has 13 heavy (non-hydrogen) atoms. The fraction of sp³-hybridized carbons (Fsp3) is 0.857. The SMILES string of the molecule is CC(C)(C)C(=O)OCC(N)(N)N=O. The molecule has 0 atom stereocenters. The van der Waals surface area contributed by atoms with Gasteiger partial charge in [-0.1, -0.05) is 0 Å². The van der Waals surface area contributed by atoms with Crippen LogP contribution in [0, 0.1) is 10.3 Å². The van der Waals surface area contributed by atoms with Crippen LogP contribution in [0.1, 0.15) is 20.8 Å². The van der Waals surface area contributed by atoms with Crippen molar-refractivity contribution in [2.75, 3.05) is 6.61 Å². The Bertz CT molecular complexity index is 208. The van der Waals surface area contributed by atoms with E-state index in [1.807, 2.05) is 0 Å². The molecule has 4 N–H and O–H groups in total. The van der Waals surface area contributed by atoms with Gasteiger partial charge in [0, 0.05) is 0 Å². The summed E-state index contributed by atoms with van der Waals surface area (Å²) in [5, 5.41) is 2.40. The summed E-state index contributed by atoms with van der Waals surface area (Å²) < 4.78 is 4.68. The summed E-state index contributed by atoms with van der Waals surface area (Å²) in [6.45, 7) is 4.63. The normalized spacial score (nSPS) is 12.4. The Balaban J connectivity index is 4.05. The van der Waals surface area contributed by atoms with Crippen LogP contribution in [0.2, 0.25) is 0 Å². The first-order chi connectivity index (χ1) is 5.69. The van der Waals surface area contributed by atoms with Crippen LogP contribution in [-0.4, -0.2) is 18.4 Å². The summed E-state index contributed by atoms with van der Waals surface area (Å²) >= 11 is 0. The van der Waals surface area contributed by atoms with E-state index in [0.717, 1.165) is 0 Å². The number of ether oxygens (including phenoxy) is 1. The second-order valence-corrected chi connectivity index (χ2v) is 3.91. The van der Waals surface area contributed by atoms with E-state index in [9.17, 15) is 9.70 Å². The maximum atomic E-state index is 11.2. The monoisotopic (exact) mass is 189 g/mol. The van der Waals surface area contributed by atoms with Crippen molar-refractivity contribution >= 4 is 5.97 Å². The summed E-state index contributed by atoms with van der Waals surface area (Å²) in [6.07, 6.45) is 0. The highest BCUT2D eigenvalue weighted by atomic mass is 16.5. The van der Waals surface area contributed by atoms with Gasteiger partial charge < -0.3 is 4.74 Å². The zero-order valence-corrected chi connectivity index (χ0v) is 8.03. The van der Waals surface area contributed by atoms with E-state index in [4.69, 9.17) is 11.5 Å². The Morgan fingerprint density at radius 1 is 1.38 bits per heavy atom. The van der Waals surface area contributed by atoms with Crippen molar-refractivity contribution in [3.63, 3.8) is 0 Å². The molecule has 0 saturated carbocycles. The fourth-order valence-corrected chi connectivity index (χ4v) is 0.424. The molecule has 0 unspecified atom stereocenters. The third-order valence-corrected chi connectivity index (χ3v) is 1.22. The topological polar surface area (TPSA) is 108 Å². The highest BCUT2D eigenvalue weighted by molar-refractivity contribution is 5.75. The molecule has 0 saturated heterocycles. The maximum Gasteiger partial charge on any atom is 0.311 e. The van der Waals surface area contributed by atoms with Gasteiger partial charge in [-0.25, -0.2) is 0 Å². The van der Waals surface area contributed by atoms with Crippen molar-refractivity contribution in [1.82, 2.24) is 0 Å². The van der Waals surface area contributed by atoms with Crippen molar-refractivity contribution in [3.8, 4) is 0 Å². The van der Waals surface area contributed by atoms with Crippen molar-refractivity contribution in [3.05, 3.63) is 4.91 Å².